The lowest BCUT2D eigenvalue weighted by atomic mass is 10.4. The first kappa shape index (κ1) is 12.8. The Morgan fingerprint density at radius 1 is 1.15 bits per heavy atom. The van der Waals surface area contributed by atoms with E-state index in [0.29, 0.717) is 0 Å². The zero-order chi connectivity index (χ0) is 10.5. The van der Waals surface area contributed by atoms with Crippen LogP contribution in [0.4, 0.5) is 0 Å². The van der Waals surface area contributed by atoms with Gasteiger partial charge in [-0.25, -0.2) is 0 Å². The topological polar surface area (TPSA) is 94.8 Å². The molecule has 0 aliphatic carbocycles. The Morgan fingerprint density at radius 2 is 1.54 bits per heavy atom. The monoisotopic (exact) mass is 214 g/mol. The van der Waals surface area contributed by atoms with Crippen LogP contribution in [0.15, 0.2) is 0 Å². The summed E-state index contributed by atoms with van der Waals surface area (Å²) < 4.78 is 29.7. The van der Waals surface area contributed by atoms with E-state index in [1.165, 1.54) is 0 Å². The van der Waals surface area contributed by atoms with Crippen molar-refractivity contribution in [1.29, 1.82) is 0 Å². The number of nitrogens with zero attached hydrogens (tertiary/aromatic N) is 1. The molecule has 80 valence electrons. The lowest BCUT2D eigenvalue weighted by molar-refractivity contribution is -0.899. The Balaban J connectivity index is 4.40. The SMILES string of the molecule is C[N+](CCO)(CCO)CS(=O)(=O)O. The summed E-state index contributed by atoms with van der Waals surface area (Å²) in [6.45, 7) is -0.0151. The van der Waals surface area contributed by atoms with E-state index in [2.05, 4.69) is 0 Å². The molecule has 0 rings (SSSR count). The molecule has 3 N–H and O–H groups in total. The van der Waals surface area contributed by atoms with E-state index in [9.17, 15) is 8.42 Å². The fourth-order valence-corrected chi connectivity index (χ4v) is 2.16. The molecule has 0 aromatic heterocycles. The van der Waals surface area contributed by atoms with Crippen LogP contribution < -0.4 is 0 Å². The third kappa shape index (κ3) is 5.94. The first-order valence-corrected chi connectivity index (χ1v) is 5.44. The van der Waals surface area contributed by atoms with Crippen molar-refractivity contribution < 1.29 is 27.7 Å². The van der Waals surface area contributed by atoms with Gasteiger partial charge in [0.05, 0.1) is 20.3 Å². The molecule has 7 heteroatoms. The average molecular weight is 214 g/mol. The van der Waals surface area contributed by atoms with Crippen LogP contribution in [-0.2, 0) is 10.1 Å². The fourth-order valence-electron chi connectivity index (χ4n) is 1.12. The van der Waals surface area contributed by atoms with E-state index < -0.39 is 16.0 Å². The second kappa shape index (κ2) is 4.87. The molecule has 0 aliphatic rings. The molecule has 0 atom stereocenters. The molecule has 0 bridgehead atoms. The molecular weight excluding hydrogens is 198 g/mol. The van der Waals surface area contributed by atoms with Gasteiger partial charge in [-0.05, 0) is 0 Å². The fraction of sp³-hybridized carbons (Fsp3) is 1.00. The predicted octanol–water partition coefficient (Wildman–Crippen LogP) is -1.74. The van der Waals surface area contributed by atoms with Crippen molar-refractivity contribution in [1.82, 2.24) is 0 Å². The van der Waals surface area contributed by atoms with E-state index >= 15 is 0 Å². The zero-order valence-electron chi connectivity index (χ0n) is 7.55. The van der Waals surface area contributed by atoms with Crippen LogP contribution in [0.3, 0.4) is 0 Å². The van der Waals surface area contributed by atoms with Crippen molar-refractivity contribution in [3.05, 3.63) is 0 Å². The largest absolute Gasteiger partial charge is 0.391 e. The minimum absolute atomic E-state index is 0.0914. The van der Waals surface area contributed by atoms with Crippen LogP contribution in [0.25, 0.3) is 0 Å². The molecule has 6 nitrogen and oxygen atoms in total. The van der Waals surface area contributed by atoms with E-state index in [1.807, 2.05) is 0 Å². The van der Waals surface area contributed by atoms with Crippen molar-refractivity contribution in [2.75, 3.05) is 39.2 Å². The smallest absolute Gasteiger partial charge is 0.316 e. The highest BCUT2D eigenvalue weighted by molar-refractivity contribution is 7.85. The number of hydrogen-bond donors (Lipinski definition) is 3. The molecular formula is C6H16NO5S+. The minimum Gasteiger partial charge on any atom is -0.391 e. The summed E-state index contributed by atoms with van der Waals surface area (Å²) >= 11 is 0. The maximum atomic E-state index is 10.6. The molecule has 0 heterocycles. The van der Waals surface area contributed by atoms with Gasteiger partial charge in [0.15, 0.2) is 0 Å². The standard InChI is InChI=1S/C6H15NO5S/c1-7(2-4-8,3-5-9)6-13(10,11)12/h8-9H,2-6H2,1H3/p+1. The van der Waals surface area contributed by atoms with E-state index in [-0.39, 0.29) is 30.8 Å². The molecule has 0 unspecified atom stereocenters. The molecule has 0 amide bonds. The Hall–Kier alpha value is -0.210. The maximum absolute atomic E-state index is 10.6. The van der Waals surface area contributed by atoms with Crippen LogP contribution in [0.2, 0.25) is 0 Å². The van der Waals surface area contributed by atoms with Crippen molar-refractivity contribution in [3.8, 4) is 0 Å². The third-order valence-corrected chi connectivity index (χ3v) is 2.70. The molecule has 0 aromatic rings. The van der Waals surface area contributed by atoms with Crippen LogP contribution in [0.5, 0.6) is 0 Å². The summed E-state index contributed by atoms with van der Waals surface area (Å²) in [6, 6.07) is 0. The summed E-state index contributed by atoms with van der Waals surface area (Å²) in [5, 5.41) is 17.3. The van der Waals surface area contributed by atoms with E-state index in [4.69, 9.17) is 14.8 Å². The number of aliphatic hydroxyl groups is 2. The first-order chi connectivity index (χ1) is 5.83. The van der Waals surface area contributed by atoms with E-state index in [1.54, 1.807) is 7.05 Å². The van der Waals surface area contributed by atoms with Crippen molar-refractivity contribution in [3.63, 3.8) is 0 Å². The Labute approximate surface area is 77.8 Å². The number of likely N-dealkylation sites (N-methyl/N-ethyl adjacent to an activating group) is 1. The van der Waals surface area contributed by atoms with Crippen LogP contribution in [0, 0.1) is 0 Å². The van der Waals surface area contributed by atoms with Gasteiger partial charge in [-0.15, -0.1) is 0 Å². The third-order valence-electron chi connectivity index (χ3n) is 1.75. The van der Waals surface area contributed by atoms with Crippen LogP contribution in [0.1, 0.15) is 0 Å². The summed E-state index contributed by atoms with van der Waals surface area (Å²) in [7, 11) is -2.53. The molecule has 0 saturated carbocycles. The Morgan fingerprint density at radius 3 is 1.77 bits per heavy atom. The average Bonchev–Trinajstić information content (AvgIpc) is 1.82. The second-order valence-corrected chi connectivity index (χ2v) is 4.65. The van der Waals surface area contributed by atoms with Crippen molar-refractivity contribution in [2.24, 2.45) is 0 Å². The van der Waals surface area contributed by atoms with Crippen LogP contribution >= 0.6 is 0 Å². The van der Waals surface area contributed by atoms with Gasteiger partial charge in [-0.2, -0.15) is 8.42 Å². The first-order valence-electron chi connectivity index (χ1n) is 3.83. The lowest BCUT2D eigenvalue weighted by Gasteiger charge is -2.31. The molecule has 0 aromatic carbocycles. The summed E-state index contributed by atoms with van der Waals surface area (Å²) in [4.78, 5) is 0. The number of quaternary nitrogens is 1. The minimum atomic E-state index is -4.08. The second-order valence-electron chi connectivity index (χ2n) is 3.22. The normalized spacial score (nSPS) is 13.2. The summed E-state index contributed by atoms with van der Waals surface area (Å²) in [6.07, 6.45) is 0. The van der Waals surface area contributed by atoms with E-state index in [0.717, 1.165) is 0 Å². The molecule has 0 saturated heterocycles. The van der Waals surface area contributed by atoms with Gasteiger partial charge >= 0.3 is 10.1 Å². The van der Waals surface area contributed by atoms with Gasteiger partial charge < -0.3 is 14.7 Å². The van der Waals surface area contributed by atoms with Gasteiger partial charge in [0, 0.05) is 0 Å². The van der Waals surface area contributed by atoms with Gasteiger partial charge in [-0.3, -0.25) is 4.55 Å². The van der Waals surface area contributed by atoms with Gasteiger partial charge in [0.2, 0.25) is 5.88 Å². The van der Waals surface area contributed by atoms with Gasteiger partial charge in [0.1, 0.15) is 13.1 Å². The molecule has 0 spiro atoms. The molecule has 0 radical (unpaired) electrons. The van der Waals surface area contributed by atoms with Gasteiger partial charge in [-0.1, -0.05) is 0 Å². The lowest BCUT2D eigenvalue weighted by Crippen LogP contribution is -2.50. The predicted molar refractivity (Wildman–Crippen MR) is 46.5 cm³/mol. The van der Waals surface area contributed by atoms with Crippen LogP contribution in [-0.4, -0.2) is 66.9 Å². The summed E-state index contributed by atoms with van der Waals surface area (Å²) in [5.74, 6) is -0.492. The zero-order valence-corrected chi connectivity index (χ0v) is 8.37. The molecule has 0 fully saturated rings. The number of aliphatic hydroxyl groups excluding tert-OH is 2. The number of rotatable bonds is 6. The highest BCUT2D eigenvalue weighted by atomic mass is 32.2. The Kier molecular flexibility index (Phi) is 4.79. The maximum Gasteiger partial charge on any atom is 0.316 e. The van der Waals surface area contributed by atoms with Gasteiger partial charge in [0.25, 0.3) is 0 Å². The summed E-state index contributed by atoms with van der Waals surface area (Å²) in [5.41, 5.74) is 0. The Bertz CT molecular complexity index is 231. The molecule has 13 heavy (non-hydrogen) atoms. The molecule has 0 aliphatic heterocycles. The van der Waals surface area contributed by atoms with Crippen molar-refractivity contribution >= 4 is 10.1 Å². The highest BCUT2D eigenvalue weighted by Gasteiger charge is 2.26. The quantitative estimate of drug-likeness (QED) is 0.360. The highest BCUT2D eigenvalue weighted by Crippen LogP contribution is 2.03. The number of hydrogen-bond acceptors (Lipinski definition) is 4. The van der Waals surface area contributed by atoms with Crippen molar-refractivity contribution in [2.45, 2.75) is 0 Å².